The summed E-state index contributed by atoms with van der Waals surface area (Å²) in [6.07, 6.45) is 0. The van der Waals surface area contributed by atoms with E-state index in [1.807, 2.05) is 24.3 Å². The van der Waals surface area contributed by atoms with Gasteiger partial charge in [-0.05, 0) is 11.5 Å². The first kappa shape index (κ1) is 12.3. The standard InChI is InChI=1S/C12H10ClN3O2/c1-7(17)15-16-12(18)10-6-8-4-2-3-5-9(8)11(13)14-10/h2-6H,1H3,(H,15,17)(H,16,18). The lowest BCUT2D eigenvalue weighted by molar-refractivity contribution is -0.119. The molecule has 18 heavy (non-hydrogen) atoms. The zero-order chi connectivity index (χ0) is 13.1. The fourth-order valence-electron chi connectivity index (χ4n) is 1.48. The van der Waals surface area contributed by atoms with Gasteiger partial charge < -0.3 is 0 Å². The molecule has 1 aromatic carbocycles. The van der Waals surface area contributed by atoms with Crippen LogP contribution in [0.3, 0.4) is 0 Å². The van der Waals surface area contributed by atoms with Crippen LogP contribution in [-0.4, -0.2) is 16.8 Å². The van der Waals surface area contributed by atoms with E-state index in [4.69, 9.17) is 11.6 Å². The third-order valence-corrected chi connectivity index (χ3v) is 2.57. The van der Waals surface area contributed by atoms with Crippen LogP contribution in [0.1, 0.15) is 17.4 Å². The number of aromatic nitrogens is 1. The number of amides is 2. The number of nitrogens with one attached hydrogen (secondary N) is 2. The predicted octanol–water partition coefficient (Wildman–Crippen LogP) is 1.67. The number of fused-ring (bicyclic) bond motifs is 1. The maximum Gasteiger partial charge on any atom is 0.288 e. The van der Waals surface area contributed by atoms with E-state index in [2.05, 4.69) is 15.8 Å². The summed E-state index contributed by atoms with van der Waals surface area (Å²) >= 11 is 5.99. The number of nitrogens with zero attached hydrogens (tertiary/aromatic N) is 1. The normalized spacial score (nSPS) is 10.1. The van der Waals surface area contributed by atoms with E-state index in [1.165, 1.54) is 6.92 Å². The smallest absolute Gasteiger partial charge is 0.274 e. The van der Waals surface area contributed by atoms with E-state index < -0.39 is 5.91 Å². The molecule has 0 aliphatic carbocycles. The average Bonchev–Trinajstić information content (AvgIpc) is 2.36. The van der Waals surface area contributed by atoms with Crippen molar-refractivity contribution in [3.05, 3.63) is 41.2 Å². The van der Waals surface area contributed by atoms with Crippen molar-refractivity contribution in [2.75, 3.05) is 0 Å². The molecular weight excluding hydrogens is 254 g/mol. The summed E-state index contributed by atoms with van der Waals surface area (Å²) in [7, 11) is 0. The number of pyridine rings is 1. The number of hydrazine groups is 1. The topological polar surface area (TPSA) is 71.1 Å². The number of hydrogen-bond donors (Lipinski definition) is 2. The quantitative estimate of drug-likeness (QED) is 0.607. The van der Waals surface area contributed by atoms with Crippen molar-refractivity contribution in [2.24, 2.45) is 0 Å². The van der Waals surface area contributed by atoms with E-state index in [0.717, 1.165) is 10.8 Å². The van der Waals surface area contributed by atoms with Gasteiger partial charge in [-0.15, -0.1) is 0 Å². The summed E-state index contributed by atoms with van der Waals surface area (Å²) in [5, 5.41) is 1.83. The highest BCUT2D eigenvalue weighted by molar-refractivity contribution is 6.34. The molecule has 6 heteroatoms. The molecule has 1 aromatic heterocycles. The minimum absolute atomic E-state index is 0.146. The van der Waals surface area contributed by atoms with Crippen molar-refractivity contribution in [3.8, 4) is 0 Å². The van der Waals surface area contributed by atoms with Gasteiger partial charge in [0.05, 0.1) is 0 Å². The molecule has 2 amide bonds. The van der Waals surface area contributed by atoms with E-state index in [1.54, 1.807) is 6.07 Å². The lowest BCUT2D eigenvalue weighted by Gasteiger charge is -2.06. The number of carbonyl (C=O) groups is 2. The van der Waals surface area contributed by atoms with Gasteiger partial charge in [-0.3, -0.25) is 20.4 Å². The van der Waals surface area contributed by atoms with Gasteiger partial charge in [0.25, 0.3) is 5.91 Å². The lowest BCUT2D eigenvalue weighted by Crippen LogP contribution is -2.40. The molecule has 0 aliphatic rings. The van der Waals surface area contributed by atoms with Crippen LogP contribution in [0.15, 0.2) is 30.3 Å². The second kappa shape index (κ2) is 5.01. The minimum atomic E-state index is -0.516. The zero-order valence-corrected chi connectivity index (χ0v) is 10.3. The van der Waals surface area contributed by atoms with Crippen LogP contribution in [0, 0.1) is 0 Å². The number of benzene rings is 1. The SMILES string of the molecule is CC(=O)NNC(=O)c1cc2ccccc2c(Cl)n1. The van der Waals surface area contributed by atoms with Crippen LogP contribution in [0.25, 0.3) is 10.8 Å². The first-order chi connectivity index (χ1) is 8.58. The highest BCUT2D eigenvalue weighted by Crippen LogP contribution is 2.22. The molecule has 0 saturated heterocycles. The summed E-state index contributed by atoms with van der Waals surface area (Å²) in [6.45, 7) is 1.29. The first-order valence-corrected chi connectivity index (χ1v) is 5.58. The fraction of sp³-hybridized carbons (Fsp3) is 0.0833. The van der Waals surface area contributed by atoms with Gasteiger partial charge in [-0.1, -0.05) is 35.9 Å². The molecule has 2 N–H and O–H groups in total. The summed E-state index contributed by atoms with van der Waals surface area (Å²) in [6, 6.07) is 8.94. The largest absolute Gasteiger partial charge is 0.288 e. The molecule has 0 fully saturated rings. The molecule has 1 heterocycles. The molecule has 0 unspecified atom stereocenters. The molecule has 92 valence electrons. The monoisotopic (exact) mass is 263 g/mol. The second-order valence-electron chi connectivity index (χ2n) is 3.65. The van der Waals surface area contributed by atoms with Gasteiger partial charge in [0.15, 0.2) is 0 Å². The number of carbonyl (C=O) groups excluding carboxylic acids is 2. The molecule has 0 saturated carbocycles. The highest BCUT2D eigenvalue weighted by atomic mass is 35.5. The van der Waals surface area contributed by atoms with Crippen LogP contribution in [0.4, 0.5) is 0 Å². The van der Waals surface area contributed by atoms with Crippen LogP contribution in [-0.2, 0) is 4.79 Å². The molecule has 0 aliphatic heterocycles. The van der Waals surface area contributed by atoms with Crippen molar-refractivity contribution < 1.29 is 9.59 Å². The number of hydrogen-bond acceptors (Lipinski definition) is 3. The molecule has 5 nitrogen and oxygen atoms in total. The van der Waals surface area contributed by atoms with Gasteiger partial charge in [-0.25, -0.2) is 4.98 Å². The molecule has 0 bridgehead atoms. The second-order valence-corrected chi connectivity index (χ2v) is 4.01. The zero-order valence-electron chi connectivity index (χ0n) is 9.53. The Hall–Kier alpha value is -2.14. The lowest BCUT2D eigenvalue weighted by atomic mass is 10.1. The fourth-order valence-corrected chi connectivity index (χ4v) is 1.74. The van der Waals surface area contributed by atoms with Gasteiger partial charge in [0, 0.05) is 12.3 Å². The Morgan fingerprint density at radius 1 is 1.22 bits per heavy atom. The molecule has 0 spiro atoms. The van der Waals surface area contributed by atoms with Crippen LogP contribution in [0.5, 0.6) is 0 Å². The van der Waals surface area contributed by atoms with Crippen molar-refractivity contribution >= 4 is 34.2 Å². The average molecular weight is 264 g/mol. The van der Waals surface area contributed by atoms with Gasteiger partial charge in [0.2, 0.25) is 5.91 Å². The van der Waals surface area contributed by atoms with Gasteiger partial charge in [-0.2, -0.15) is 0 Å². The van der Waals surface area contributed by atoms with Crippen LogP contribution < -0.4 is 10.9 Å². The van der Waals surface area contributed by atoms with E-state index in [9.17, 15) is 9.59 Å². The van der Waals surface area contributed by atoms with Crippen molar-refractivity contribution in [1.29, 1.82) is 0 Å². The van der Waals surface area contributed by atoms with Gasteiger partial charge in [0.1, 0.15) is 10.8 Å². The Labute approximate surface area is 108 Å². The molecular formula is C12H10ClN3O2. The van der Waals surface area contributed by atoms with Crippen LogP contribution in [0.2, 0.25) is 5.15 Å². The van der Waals surface area contributed by atoms with Crippen LogP contribution >= 0.6 is 11.6 Å². The summed E-state index contributed by atoms with van der Waals surface area (Å²) in [4.78, 5) is 26.4. The summed E-state index contributed by atoms with van der Waals surface area (Å²) in [5.41, 5.74) is 4.57. The van der Waals surface area contributed by atoms with E-state index in [-0.39, 0.29) is 16.8 Å². The van der Waals surface area contributed by atoms with Gasteiger partial charge >= 0.3 is 0 Å². The third-order valence-electron chi connectivity index (χ3n) is 2.28. The highest BCUT2D eigenvalue weighted by Gasteiger charge is 2.10. The maximum atomic E-state index is 11.7. The van der Waals surface area contributed by atoms with Crippen molar-refractivity contribution in [1.82, 2.24) is 15.8 Å². The Morgan fingerprint density at radius 2 is 1.94 bits per heavy atom. The number of halogens is 1. The predicted molar refractivity (Wildman–Crippen MR) is 68.0 cm³/mol. The van der Waals surface area contributed by atoms with E-state index in [0.29, 0.717) is 0 Å². The van der Waals surface area contributed by atoms with E-state index >= 15 is 0 Å². The maximum absolute atomic E-state index is 11.7. The Bertz CT molecular complexity index is 628. The molecule has 0 radical (unpaired) electrons. The third kappa shape index (κ3) is 2.57. The van der Waals surface area contributed by atoms with Crippen molar-refractivity contribution in [2.45, 2.75) is 6.92 Å². The molecule has 2 rings (SSSR count). The summed E-state index contributed by atoms with van der Waals surface area (Å²) in [5.74, 6) is -0.881. The van der Waals surface area contributed by atoms with Crippen molar-refractivity contribution in [3.63, 3.8) is 0 Å². The molecule has 0 atom stereocenters. The Morgan fingerprint density at radius 3 is 2.67 bits per heavy atom. The number of rotatable bonds is 1. The Kier molecular flexibility index (Phi) is 3.43. The first-order valence-electron chi connectivity index (χ1n) is 5.20. The molecule has 2 aromatic rings. The Balaban J connectivity index is 2.34. The minimum Gasteiger partial charge on any atom is -0.274 e. The summed E-state index contributed by atoms with van der Waals surface area (Å²) < 4.78 is 0.